The second-order valence-electron chi connectivity index (χ2n) is 6.04. The van der Waals surface area contributed by atoms with Gasteiger partial charge in [-0.1, -0.05) is 27.7 Å². The summed E-state index contributed by atoms with van der Waals surface area (Å²) in [4.78, 5) is 0. The molecule has 4 N–H and O–H groups in total. The molecule has 2 fully saturated rings. The van der Waals surface area contributed by atoms with Gasteiger partial charge in [0, 0.05) is 12.1 Å². The van der Waals surface area contributed by atoms with Gasteiger partial charge >= 0.3 is 0 Å². The first kappa shape index (κ1) is 21.9. The van der Waals surface area contributed by atoms with Gasteiger partial charge in [-0.25, -0.2) is 0 Å². The standard InChI is InChI=1S/2C7H15N.C2H6.C2H4/c2*1-6-2-4-7(8)5-3-6;2*1-2/h2*6-7H,2-5,8H2,1H3;1-2H3;1-2H2. The lowest BCUT2D eigenvalue weighted by atomic mass is 9.88. The topological polar surface area (TPSA) is 52.0 Å². The average Bonchev–Trinajstić information content (AvgIpc) is 2.50. The van der Waals surface area contributed by atoms with Crippen LogP contribution in [0.1, 0.15) is 79.1 Å². The molecule has 0 unspecified atom stereocenters. The largest absolute Gasteiger partial charge is 0.328 e. The molecule has 0 heterocycles. The molecule has 2 aliphatic rings. The second-order valence-corrected chi connectivity index (χ2v) is 6.04. The molecule has 122 valence electrons. The van der Waals surface area contributed by atoms with Crippen LogP contribution in [0.5, 0.6) is 0 Å². The zero-order valence-electron chi connectivity index (χ0n) is 14.5. The van der Waals surface area contributed by atoms with Gasteiger partial charge in [0.1, 0.15) is 0 Å². The van der Waals surface area contributed by atoms with Crippen LogP contribution in [0.4, 0.5) is 0 Å². The maximum Gasteiger partial charge on any atom is 0.00390 e. The van der Waals surface area contributed by atoms with Crippen molar-refractivity contribution in [2.45, 2.75) is 91.1 Å². The van der Waals surface area contributed by atoms with Crippen molar-refractivity contribution in [3.63, 3.8) is 0 Å². The van der Waals surface area contributed by atoms with E-state index < -0.39 is 0 Å². The van der Waals surface area contributed by atoms with E-state index >= 15 is 0 Å². The van der Waals surface area contributed by atoms with Gasteiger partial charge in [0.2, 0.25) is 0 Å². The minimum Gasteiger partial charge on any atom is -0.328 e. The Morgan fingerprint density at radius 2 is 0.800 bits per heavy atom. The predicted octanol–water partition coefficient (Wildman–Crippen LogP) is 4.88. The van der Waals surface area contributed by atoms with E-state index in [4.69, 9.17) is 11.5 Å². The molecule has 0 aliphatic heterocycles. The Morgan fingerprint density at radius 1 is 0.600 bits per heavy atom. The van der Waals surface area contributed by atoms with Gasteiger partial charge in [-0.2, -0.15) is 0 Å². The van der Waals surface area contributed by atoms with Crippen molar-refractivity contribution in [3.8, 4) is 0 Å². The molecule has 0 aromatic carbocycles. The summed E-state index contributed by atoms with van der Waals surface area (Å²) in [6.45, 7) is 14.6. The molecule has 0 atom stereocenters. The lowest BCUT2D eigenvalue weighted by molar-refractivity contribution is 0.348. The zero-order chi connectivity index (χ0) is 16.0. The molecule has 0 amide bonds. The SMILES string of the molecule is C=C.CC.CC1CCC(N)CC1.CC1CCC(N)CC1. The second kappa shape index (κ2) is 15.1. The summed E-state index contributed by atoms with van der Waals surface area (Å²) in [6.07, 6.45) is 10.4. The van der Waals surface area contributed by atoms with Gasteiger partial charge < -0.3 is 11.5 Å². The van der Waals surface area contributed by atoms with Crippen molar-refractivity contribution < 1.29 is 0 Å². The van der Waals surface area contributed by atoms with Crippen LogP contribution in [0.2, 0.25) is 0 Å². The highest BCUT2D eigenvalue weighted by atomic mass is 14.6. The van der Waals surface area contributed by atoms with Crippen LogP contribution in [-0.4, -0.2) is 12.1 Å². The Labute approximate surface area is 128 Å². The van der Waals surface area contributed by atoms with Crippen LogP contribution in [0.25, 0.3) is 0 Å². The highest BCUT2D eigenvalue weighted by molar-refractivity contribution is 4.71. The Kier molecular flexibility index (Phi) is 16.5. The van der Waals surface area contributed by atoms with E-state index in [2.05, 4.69) is 27.0 Å². The Balaban J connectivity index is 0. The summed E-state index contributed by atoms with van der Waals surface area (Å²) < 4.78 is 0. The average molecular weight is 285 g/mol. The number of hydrogen-bond acceptors (Lipinski definition) is 2. The maximum atomic E-state index is 5.70. The third-order valence-corrected chi connectivity index (χ3v) is 4.12. The van der Waals surface area contributed by atoms with E-state index in [0.717, 1.165) is 11.8 Å². The lowest BCUT2D eigenvalue weighted by Crippen LogP contribution is -2.25. The molecule has 2 heteroatoms. The van der Waals surface area contributed by atoms with E-state index in [1.54, 1.807) is 0 Å². The normalized spacial score (nSPS) is 32.3. The van der Waals surface area contributed by atoms with Crippen molar-refractivity contribution in [1.82, 2.24) is 0 Å². The van der Waals surface area contributed by atoms with Gasteiger partial charge in [0.05, 0.1) is 0 Å². The maximum absolute atomic E-state index is 5.70. The summed E-state index contributed by atoms with van der Waals surface area (Å²) in [5.41, 5.74) is 11.4. The molecule has 0 aromatic rings. The first-order chi connectivity index (χ1) is 9.58. The van der Waals surface area contributed by atoms with Gasteiger partial charge in [-0.15, -0.1) is 13.2 Å². The predicted molar refractivity (Wildman–Crippen MR) is 93.8 cm³/mol. The van der Waals surface area contributed by atoms with E-state index in [0.29, 0.717) is 12.1 Å². The summed E-state index contributed by atoms with van der Waals surface area (Å²) in [7, 11) is 0. The van der Waals surface area contributed by atoms with Gasteiger partial charge in [0.25, 0.3) is 0 Å². The molecule has 2 saturated carbocycles. The van der Waals surface area contributed by atoms with E-state index in [1.165, 1.54) is 51.4 Å². The fourth-order valence-electron chi connectivity index (χ4n) is 2.57. The van der Waals surface area contributed by atoms with Gasteiger partial charge in [-0.3, -0.25) is 0 Å². The van der Waals surface area contributed by atoms with Gasteiger partial charge in [-0.05, 0) is 63.2 Å². The van der Waals surface area contributed by atoms with Crippen molar-refractivity contribution in [2.75, 3.05) is 0 Å². The molecule has 2 nitrogen and oxygen atoms in total. The van der Waals surface area contributed by atoms with Crippen LogP contribution in [0.3, 0.4) is 0 Å². The number of nitrogens with two attached hydrogens (primary N) is 2. The molecule has 0 saturated heterocycles. The Hall–Kier alpha value is -0.340. The highest BCUT2D eigenvalue weighted by Gasteiger charge is 2.14. The van der Waals surface area contributed by atoms with Crippen molar-refractivity contribution in [2.24, 2.45) is 23.3 Å². The molecule has 2 rings (SSSR count). The zero-order valence-corrected chi connectivity index (χ0v) is 14.5. The van der Waals surface area contributed by atoms with Crippen LogP contribution in [0, 0.1) is 11.8 Å². The lowest BCUT2D eigenvalue weighted by Gasteiger charge is -2.22. The van der Waals surface area contributed by atoms with Crippen molar-refractivity contribution in [1.29, 1.82) is 0 Å². The van der Waals surface area contributed by atoms with E-state index in [1.807, 2.05) is 13.8 Å². The van der Waals surface area contributed by atoms with Gasteiger partial charge in [0.15, 0.2) is 0 Å². The highest BCUT2D eigenvalue weighted by Crippen LogP contribution is 2.22. The van der Waals surface area contributed by atoms with E-state index in [-0.39, 0.29) is 0 Å². The summed E-state index contributed by atoms with van der Waals surface area (Å²) >= 11 is 0. The first-order valence-electron chi connectivity index (χ1n) is 8.59. The first-order valence-corrected chi connectivity index (χ1v) is 8.59. The Bertz CT molecular complexity index is 138. The quantitative estimate of drug-likeness (QED) is 0.623. The van der Waals surface area contributed by atoms with E-state index in [9.17, 15) is 0 Å². The van der Waals surface area contributed by atoms with Crippen LogP contribution in [-0.2, 0) is 0 Å². The molecular formula is C18H40N2. The van der Waals surface area contributed by atoms with Crippen LogP contribution in [0.15, 0.2) is 13.2 Å². The Morgan fingerprint density at radius 3 is 0.950 bits per heavy atom. The minimum absolute atomic E-state index is 0.520. The van der Waals surface area contributed by atoms with Crippen LogP contribution >= 0.6 is 0 Å². The van der Waals surface area contributed by atoms with Crippen molar-refractivity contribution in [3.05, 3.63) is 13.2 Å². The number of rotatable bonds is 0. The fraction of sp³-hybridized carbons (Fsp3) is 0.889. The minimum atomic E-state index is 0.520. The summed E-state index contributed by atoms with van der Waals surface area (Å²) in [5.74, 6) is 1.88. The van der Waals surface area contributed by atoms with Crippen molar-refractivity contribution >= 4 is 0 Å². The third-order valence-electron chi connectivity index (χ3n) is 4.12. The molecule has 0 aromatic heterocycles. The summed E-state index contributed by atoms with van der Waals surface area (Å²) in [5, 5.41) is 0. The fourth-order valence-corrected chi connectivity index (χ4v) is 2.57. The molecule has 2 aliphatic carbocycles. The monoisotopic (exact) mass is 284 g/mol. The molecule has 0 spiro atoms. The van der Waals surface area contributed by atoms with Crippen LogP contribution < -0.4 is 11.5 Å². The molecular weight excluding hydrogens is 244 g/mol. The molecule has 20 heavy (non-hydrogen) atoms. The summed E-state index contributed by atoms with van der Waals surface area (Å²) in [6, 6.07) is 1.04. The molecule has 0 radical (unpaired) electrons. The molecule has 0 bridgehead atoms. The smallest absolute Gasteiger partial charge is 0.00390 e. The number of hydrogen-bond donors (Lipinski definition) is 2. The third kappa shape index (κ3) is 12.7.